The van der Waals surface area contributed by atoms with Crippen LogP contribution in [0.15, 0.2) is 0 Å². The Morgan fingerprint density at radius 2 is 1.69 bits per heavy atom. The van der Waals surface area contributed by atoms with Crippen molar-refractivity contribution in [1.82, 2.24) is 10.6 Å². The van der Waals surface area contributed by atoms with Crippen molar-refractivity contribution in [1.29, 1.82) is 0 Å². The van der Waals surface area contributed by atoms with Gasteiger partial charge in [0.1, 0.15) is 0 Å². The van der Waals surface area contributed by atoms with Gasteiger partial charge in [-0.15, -0.1) is 0 Å². The highest BCUT2D eigenvalue weighted by Crippen LogP contribution is 2.05. The topological polar surface area (TPSA) is 24.1 Å². The number of hydrogen-bond donors (Lipinski definition) is 2. The largest absolute Gasteiger partial charge is 0.315 e. The third kappa shape index (κ3) is 8.26. The Morgan fingerprint density at radius 3 is 1.85 bits per heavy atom. The Bertz CT molecular complexity index is 84.2. The van der Waals surface area contributed by atoms with Crippen molar-refractivity contribution in [3.63, 3.8) is 0 Å². The fourth-order valence-electron chi connectivity index (χ4n) is 1.20. The molecule has 0 aliphatic carbocycles. The van der Waals surface area contributed by atoms with Crippen LogP contribution in [-0.4, -0.2) is 26.2 Å². The molecule has 82 valence electrons. The van der Waals surface area contributed by atoms with Gasteiger partial charge in [-0.25, -0.2) is 0 Å². The fourth-order valence-corrected chi connectivity index (χ4v) is 1.20. The molecular formula is C11H28N2. The summed E-state index contributed by atoms with van der Waals surface area (Å²) in [5.74, 6) is 0.806. The van der Waals surface area contributed by atoms with E-state index in [2.05, 4.69) is 31.4 Å². The third-order valence-corrected chi connectivity index (χ3v) is 1.89. The van der Waals surface area contributed by atoms with E-state index < -0.39 is 0 Å². The molecule has 0 aromatic heterocycles. The van der Waals surface area contributed by atoms with Crippen LogP contribution >= 0.6 is 0 Å². The Labute approximate surface area is 84.5 Å². The summed E-state index contributed by atoms with van der Waals surface area (Å²) < 4.78 is 0. The van der Waals surface area contributed by atoms with E-state index in [1.54, 1.807) is 0 Å². The third-order valence-electron chi connectivity index (χ3n) is 1.89. The molecule has 1 heterocycles. The quantitative estimate of drug-likeness (QED) is 0.659. The maximum absolute atomic E-state index is 3.31. The van der Waals surface area contributed by atoms with Gasteiger partial charge in [0.2, 0.25) is 0 Å². The minimum atomic E-state index is 0.704. The minimum Gasteiger partial charge on any atom is -0.315 e. The highest BCUT2D eigenvalue weighted by molar-refractivity contribution is 4.82. The number of nitrogens with one attached hydrogen (secondary N) is 2. The SMILES string of the molecule is CC.CCC.CNC1CNCC1C. The highest BCUT2D eigenvalue weighted by atomic mass is 15.0. The van der Waals surface area contributed by atoms with Gasteiger partial charge in [0, 0.05) is 12.6 Å². The molecule has 1 aliphatic heterocycles. The van der Waals surface area contributed by atoms with Crippen LogP contribution < -0.4 is 10.6 Å². The predicted octanol–water partition coefficient (Wildman–Crippen LogP) is 2.26. The smallest absolute Gasteiger partial charge is 0.0227 e. The first kappa shape index (κ1) is 15.4. The van der Waals surface area contributed by atoms with E-state index in [1.165, 1.54) is 13.0 Å². The molecule has 2 unspecified atom stereocenters. The normalized spacial score (nSPS) is 25.4. The van der Waals surface area contributed by atoms with Crippen LogP contribution in [0.5, 0.6) is 0 Å². The molecule has 0 saturated carbocycles. The monoisotopic (exact) mass is 188 g/mol. The van der Waals surface area contributed by atoms with Gasteiger partial charge < -0.3 is 10.6 Å². The van der Waals surface area contributed by atoms with Crippen molar-refractivity contribution >= 4 is 0 Å². The maximum atomic E-state index is 3.31. The molecule has 1 rings (SSSR count). The molecule has 1 aliphatic rings. The molecule has 0 spiro atoms. The van der Waals surface area contributed by atoms with Gasteiger partial charge in [-0.2, -0.15) is 0 Å². The number of hydrogen-bond acceptors (Lipinski definition) is 2. The zero-order valence-corrected chi connectivity index (χ0v) is 10.3. The Morgan fingerprint density at radius 1 is 1.23 bits per heavy atom. The summed E-state index contributed by atoms with van der Waals surface area (Å²) in [6.07, 6.45) is 1.25. The van der Waals surface area contributed by atoms with Gasteiger partial charge in [0.25, 0.3) is 0 Å². The Balaban J connectivity index is 0. The van der Waals surface area contributed by atoms with Gasteiger partial charge in [-0.1, -0.05) is 41.0 Å². The molecule has 0 amide bonds. The zero-order valence-electron chi connectivity index (χ0n) is 10.3. The number of rotatable bonds is 1. The van der Waals surface area contributed by atoms with Crippen LogP contribution in [0.4, 0.5) is 0 Å². The van der Waals surface area contributed by atoms with Crippen molar-refractivity contribution in [3.8, 4) is 0 Å². The van der Waals surface area contributed by atoms with E-state index in [0.717, 1.165) is 12.5 Å². The first-order valence-electron chi connectivity index (χ1n) is 5.64. The molecule has 1 saturated heterocycles. The lowest BCUT2D eigenvalue weighted by molar-refractivity contribution is 0.490. The molecule has 0 aromatic carbocycles. The molecule has 0 aromatic rings. The summed E-state index contributed by atoms with van der Waals surface area (Å²) in [7, 11) is 2.02. The summed E-state index contributed by atoms with van der Waals surface area (Å²) in [6.45, 7) is 12.8. The molecular weight excluding hydrogens is 160 g/mol. The molecule has 2 atom stereocenters. The van der Waals surface area contributed by atoms with Crippen molar-refractivity contribution in [2.75, 3.05) is 20.1 Å². The summed E-state index contributed by atoms with van der Waals surface area (Å²) in [5, 5.41) is 6.56. The average Bonchev–Trinajstić information content (AvgIpc) is 2.56. The minimum absolute atomic E-state index is 0.704. The van der Waals surface area contributed by atoms with E-state index in [4.69, 9.17) is 0 Å². The van der Waals surface area contributed by atoms with Gasteiger partial charge >= 0.3 is 0 Å². The maximum Gasteiger partial charge on any atom is 0.0227 e. The number of likely N-dealkylation sites (N-methyl/N-ethyl adjacent to an activating group) is 1. The second-order valence-electron chi connectivity index (χ2n) is 3.24. The summed E-state index contributed by atoms with van der Waals surface area (Å²) in [5.41, 5.74) is 0. The lowest BCUT2D eigenvalue weighted by atomic mass is 10.1. The van der Waals surface area contributed by atoms with Crippen LogP contribution in [0.1, 0.15) is 41.0 Å². The molecule has 0 bridgehead atoms. The molecule has 1 fully saturated rings. The summed E-state index contributed by atoms with van der Waals surface area (Å²) >= 11 is 0. The average molecular weight is 188 g/mol. The second kappa shape index (κ2) is 11.9. The lowest BCUT2D eigenvalue weighted by Gasteiger charge is -2.10. The molecule has 2 heteroatoms. The summed E-state index contributed by atoms with van der Waals surface area (Å²) in [6, 6.07) is 0.704. The highest BCUT2D eigenvalue weighted by Gasteiger charge is 2.19. The predicted molar refractivity (Wildman–Crippen MR) is 62.2 cm³/mol. The van der Waals surface area contributed by atoms with E-state index in [9.17, 15) is 0 Å². The summed E-state index contributed by atoms with van der Waals surface area (Å²) in [4.78, 5) is 0. The van der Waals surface area contributed by atoms with Crippen molar-refractivity contribution in [2.24, 2.45) is 5.92 Å². The van der Waals surface area contributed by atoms with Crippen LogP contribution in [0.2, 0.25) is 0 Å². The van der Waals surface area contributed by atoms with Crippen molar-refractivity contribution in [2.45, 2.75) is 47.1 Å². The van der Waals surface area contributed by atoms with Crippen LogP contribution in [0.3, 0.4) is 0 Å². The van der Waals surface area contributed by atoms with E-state index in [0.29, 0.717) is 6.04 Å². The molecule has 0 radical (unpaired) electrons. The zero-order chi connectivity index (χ0) is 10.7. The van der Waals surface area contributed by atoms with E-state index >= 15 is 0 Å². The van der Waals surface area contributed by atoms with Crippen LogP contribution in [-0.2, 0) is 0 Å². The van der Waals surface area contributed by atoms with E-state index in [-0.39, 0.29) is 0 Å². The van der Waals surface area contributed by atoms with Gasteiger partial charge in [0.15, 0.2) is 0 Å². The Hall–Kier alpha value is -0.0800. The van der Waals surface area contributed by atoms with Gasteiger partial charge in [0.05, 0.1) is 0 Å². The molecule has 2 N–H and O–H groups in total. The van der Waals surface area contributed by atoms with Crippen molar-refractivity contribution in [3.05, 3.63) is 0 Å². The molecule has 2 nitrogen and oxygen atoms in total. The van der Waals surface area contributed by atoms with Crippen molar-refractivity contribution < 1.29 is 0 Å². The van der Waals surface area contributed by atoms with Gasteiger partial charge in [-0.3, -0.25) is 0 Å². The van der Waals surface area contributed by atoms with E-state index in [1.807, 2.05) is 20.9 Å². The van der Waals surface area contributed by atoms with Gasteiger partial charge in [-0.05, 0) is 19.5 Å². The fraction of sp³-hybridized carbons (Fsp3) is 1.00. The Kier molecular flexibility index (Phi) is 14.1. The lowest BCUT2D eigenvalue weighted by Crippen LogP contribution is -2.31. The second-order valence-corrected chi connectivity index (χ2v) is 3.24. The standard InChI is InChI=1S/C6H14N2.C3H8.C2H6/c1-5-3-8-4-6(5)7-2;1-3-2;1-2/h5-8H,3-4H2,1-2H3;3H2,1-2H3;1-2H3. The first-order chi connectivity index (χ1) is 6.26. The first-order valence-corrected chi connectivity index (χ1v) is 5.64. The van der Waals surface area contributed by atoms with Crippen LogP contribution in [0.25, 0.3) is 0 Å². The van der Waals surface area contributed by atoms with Crippen LogP contribution in [0, 0.1) is 5.92 Å². The molecule has 13 heavy (non-hydrogen) atoms.